The summed E-state index contributed by atoms with van der Waals surface area (Å²) in [6, 6.07) is 7.82. The van der Waals surface area contributed by atoms with Crippen molar-refractivity contribution in [1.82, 2.24) is 0 Å². The van der Waals surface area contributed by atoms with Crippen LogP contribution in [0.15, 0.2) is 47.1 Å². The number of nitrogens with zero attached hydrogens (tertiary/aromatic N) is 1. The number of nitro groups is 1. The highest BCUT2D eigenvalue weighted by atomic mass is 35.5. The summed E-state index contributed by atoms with van der Waals surface area (Å²) < 4.78 is 11.2. The van der Waals surface area contributed by atoms with E-state index in [4.69, 9.17) is 20.8 Å². The minimum Gasteiger partial charge on any atom is -0.493 e. The number of nitro benzene ring substituents is 1. The summed E-state index contributed by atoms with van der Waals surface area (Å²) in [4.78, 5) is 22.9. The molecule has 0 fully saturated rings. The van der Waals surface area contributed by atoms with Gasteiger partial charge in [0, 0.05) is 34.8 Å². The average molecular weight is 415 g/mol. The van der Waals surface area contributed by atoms with E-state index in [0.717, 1.165) is 16.5 Å². The molecule has 0 aliphatic carbocycles. The molecule has 0 spiro atoms. The predicted molar refractivity (Wildman–Crippen MR) is 113 cm³/mol. The molecule has 0 aliphatic heterocycles. The summed E-state index contributed by atoms with van der Waals surface area (Å²) in [5, 5.41) is 14.6. The summed E-state index contributed by atoms with van der Waals surface area (Å²) in [7, 11) is 0. The fourth-order valence-corrected chi connectivity index (χ4v) is 3.13. The van der Waals surface area contributed by atoms with Crippen LogP contribution in [0.5, 0.6) is 5.75 Å². The van der Waals surface area contributed by atoms with Gasteiger partial charge in [-0.2, -0.15) is 0 Å². The van der Waals surface area contributed by atoms with E-state index in [1.807, 2.05) is 19.9 Å². The van der Waals surface area contributed by atoms with Gasteiger partial charge in [-0.25, -0.2) is 0 Å². The summed E-state index contributed by atoms with van der Waals surface area (Å²) in [5.41, 5.74) is 3.14. The van der Waals surface area contributed by atoms with E-state index in [0.29, 0.717) is 23.5 Å². The lowest BCUT2D eigenvalue weighted by Gasteiger charge is -2.11. The molecule has 8 heteroatoms. The van der Waals surface area contributed by atoms with E-state index in [9.17, 15) is 14.9 Å². The second-order valence-corrected chi connectivity index (χ2v) is 6.84. The van der Waals surface area contributed by atoms with Crippen molar-refractivity contribution in [2.24, 2.45) is 0 Å². The molecule has 0 radical (unpaired) electrons. The predicted octanol–water partition coefficient (Wildman–Crippen LogP) is 5.74. The molecule has 0 bridgehead atoms. The second kappa shape index (κ2) is 8.36. The van der Waals surface area contributed by atoms with Crippen LogP contribution < -0.4 is 10.1 Å². The molecule has 1 amide bonds. The standard InChI is InChI=1S/C21H19ClN2O5/c1-4-28-19-10-20-16(13(3)11-29-20)9-15(19)12(2)7-21(25)23-14-5-6-17(22)18(8-14)24(26)27/h5-11H,4H2,1-3H3,(H,23,25)/b12-7+. The van der Waals surface area contributed by atoms with Gasteiger partial charge < -0.3 is 14.5 Å². The maximum absolute atomic E-state index is 12.5. The smallest absolute Gasteiger partial charge is 0.289 e. The maximum Gasteiger partial charge on any atom is 0.289 e. The Hall–Kier alpha value is -3.32. The number of anilines is 1. The van der Waals surface area contributed by atoms with Crippen molar-refractivity contribution in [1.29, 1.82) is 0 Å². The van der Waals surface area contributed by atoms with E-state index in [-0.39, 0.29) is 16.4 Å². The first-order valence-corrected chi connectivity index (χ1v) is 9.26. The number of ether oxygens (including phenoxy) is 1. The molecule has 7 nitrogen and oxygen atoms in total. The molecule has 0 unspecified atom stereocenters. The highest BCUT2D eigenvalue weighted by molar-refractivity contribution is 6.32. The molecule has 0 atom stereocenters. The number of aryl methyl sites for hydroxylation is 1. The van der Waals surface area contributed by atoms with Crippen molar-refractivity contribution in [2.45, 2.75) is 20.8 Å². The van der Waals surface area contributed by atoms with Crippen molar-refractivity contribution in [2.75, 3.05) is 11.9 Å². The summed E-state index contributed by atoms with van der Waals surface area (Å²) in [6.45, 7) is 6.07. The Labute approximate surface area is 172 Å². The highest BCUT2D eigenvalue weighted by Gasteiger charge is 2.15. The third kappa shape index (κ3) is 4.41. The minimum absolute atomic E-state index is 0.00450. The van der Waals surface area contributed by atoms with Gasteiger partial charge in [0.2, 0.25) is 5.91 Å². The fraction of sp³-hybridized carbons (Fsp3) is 0.190. The number of carbonyl (C=O) groups is 1. The summed E-state index contributed by atoms with van der Waals surface area (Å²) in [5.74, 6) is 0.184. The molecule has 0 aliphatic rings. The number of allylic oxidation sites excluding steroid dienone is 1. The number of benzene rings is 2. The fourth-order valence-electron chi connectivity index (χ4n) is 2.95. The first-order valence-electron chi connectivity index (χ1n) is 8.88. The van der Waals surface area contributed by atoms with Gasteiger partial charge in [0.15, 0.2) is 0 Å². The number of hydrogen-bond donors (Lipinski definition) is 1. The van der Waals surface area contributed by atoms with Crippen LogP contribution in [-0.2, 0) is 4.79 Å². The van der Waals surface area contributed by atoms with Gasteiger partial charge in [-0.1, -0.05) is 11.6 Å². The number of hydrogen-bond acceptors (Lipinski definition) is 5. The van der Waals surface area contributed by atoms with Gasteiger partial charge in [-0.3, -0.25) is 14.9 Å². The van der Waals surface area contributed by atoms with Crippen LogP contribution in [0.4, 0.5) is 11.4 Å². The Morgan fingerprint density at radius 2 is 2.10 bits per heavy atom. The van der Waals surface area contributed by atoms with Crippen LogP contribution in [0.25, 0.3) is 16.5 Å². The van der Waals surface area contributed by atoms with Gasteiger partial charge in [0.1, 0.15) is 16.4 Å². The Kier molecular flexibility index (Phi) is 5.89. The molecular formula is C21H19ClN2O5. The maximum atomic E-state index is 12.5. The Bertz CT molecular complexity index is 1130. The van der Waals surface area contributed by atoms with Crippen molar-refractivity contribution < 1.29 is 18.9 Å². The van der Waals surface area contributed by atoms with E-state index < -0.39 is 10.8 Å². The molecule has 2 aromatic carbocycles. The van der Waals surface area contributed by atoms with Crippen LogP contribution in [0, 0.1) is 17.0 Å². The van der Waals surface area contributed by atoms with E-state index in [1.165, 1.54) is 24.3 Å². The van der Waals surface area contributed by atoms with E-state index in [2.05, 4.69) is 5.32 Å². The third-order valence-electron chi connectivity index (χ3n) is 4.35. The first-order chi connectivity index (χ1) is 13.8. The lowest BCUT2D eigenvalue weighted by atomic mass is 10.0. The summed E-state index contributed by atoms with van der Waals surface area (Å²) in [6.07, 6.45) is 3.09. The topological polar surface area (TPSA) is 94.6 Å². The molecule has 1 aromatic heterocycles. The minimum atomic E-state index is -0.601. The van der Waals surface area contributed by atoms with Gasteiger partial charge in [-0.15, -0.1) is 0 Å². The molecule has 150 valence electrons. The zero-order valence-electron chi connectivity index (χ0n) is 16.1. The number of furan rings is 1. The van der Waals surface area contributed by atoms with Gasteiger partial charge in [0.25, 0.3) is 5.69 Å². The van der Waals surface area contributed by atoms with Crippen LogP contribution in [-0.4, -0.2) is 17.4 Å². The molecule has 29 heavy (non-hydrogen) atoms. The second-order valence-electron chi connectivity index (χ2n) is 6.44. The molecule has 3 rings (SSSR count). The molecular weight excluding hydrogens is 396 g/mol. The van der Waals surface area contributed by atoms with Crippen molar-refractivity contribution >= 4 is 45.4 Å². The molecule has 3 aromatic rings. The van der Waals surface area contributed by atoms with Gasteiger partial charge in [0.05, 0.1) is 17.8 Å². The largest absolute Gasteiger partial charge is 0.493 e. The monoisotopic (exact) mass is 414 g/mol. The first kappa shape index (κ1) is 20.4. The SMILES string of the molecule is CCOc1cc2occ(C)c2cc1/C(C)=C/C(=O)Nc1ccc(Cl)c([N+](=O)[O-])c1. The van der Waals surface area contributed by atoms with Gasteiger partial charge in [-0.05, 0) is 50.1 Å². The number of amides is 1. The highest BCUT2D eigenvalue weighted by Crippen LogP contribution is 2.33. The van der Waals surface area contributed by atoms with E-state index in [1.54, 1.807) is 19.3 Å². The lowest BCUT2D eigenvalue weighted by molar-refractivity contribution is -0.384. The van der Waals surface area contributed by atoms with Crippen LogP contribution in [0.1, 0.15) is 25.0 Å². The number of rotatable bonds is 6. The van der Waals surface area contributed by atoms with Crippen LogP contribution >= 0.6 is 11.6 Å². The van der Waals surface area contributed by atoms with Crippen molar-refractivity contribution in [3.8, 4) is 5.75 Å². The number of carbonyl (C=O) groups excluding carboxylic acids is 1. The Morgan fingerprint density at radius 1 is 1.34 bits per heavy atom. The van der Waals surface area contributed by atoms with Crippen molar-refractivity contribution in [3.05, 3.63) is 68.9 Å². The lowest BCUT2D eigenvalue weighted by Crippen LogP contribution is -2.09. The Balaban J connectivity index is 1.91. The number of fused-ring (bicyclic) bond motifs is 1. The van der Waals surface area contributed by atoms with E-state index >= 15 is 0 Å². The average Bonchev–Trinajstić information content (AvgIpc) is 3.02. The normalized spacial score (nSPS) is 11.5. The third-order valence-corrected chi connectivity index (χ3v) is 4.67. The molecule has 1 heterocycles. The Morgan fingerprint density at radius 3 is 2.79 bits per heavy atom. The quantitative estimate of drug-likeness (QED) is 0.315. The molecule has 1 N–H and O–H groups in total. The van der Waals surface area contributed by atoms with Crippen molar-refractivity contribution in [3.63, 3.8) is 0 Å². The molecule has 0 saturated heterocycles. The number of halogens is 1. The zero-order valence-corrected chi connectivity index (χ0v) is 16.9. The summed E-state index contributed by atoms with van der Waals surface area (Å²) >= 11 is 5.80. The van der Waals surface area contributed by atoms with Crippen LogP contribution in [0.2, 0.25) is 5.02 Å². The zero-order chi connectivity index (χ0) is 21.1. The van der Waals surface area contributed by atoms with Gasteiger partial charge >= 0.3 is 0 Å². The number of nitrogens with one attached hydrogen (secondary N) is 1. The van der Waals surface area contributed by atoms with Crippen LogP contribution in [0.3, 0.4) is 0 Å². The molecule has 0 saturated carbocycles.